The quantitative estimate of drug-likeness (QED) is 0.286. The molecule has 0 unspecified atom stereocenters. The summed E-state index contributed by atoms with van der Waals surface area (Å²) in [4.78, 5) is 20.8. The van der Waals surface area contributed by atoms with Crippen LogP contribution in [-0.4, -0.2) is 34.4 Å². The lowest BCUT2D eigenvalue weighted by molar-refractivity contribution is 0.0692. The van der Waals surface area contributed by atoms with Gasteiger partial charge in [0.15, 0.2) is 5.16 Å². The van der Waals surface area contributed by atoms with E-state index in [0.717, 1.165) is 16.9 Å². The largest absolute Gasteiger partial charge is 0.497 e. The number of nitrogens with one attached hydrogen (secondary N) is 1. The van der Waals surface area contributed by atoms with Gasteiger partial charge in [-0.2, -0.15) is 0 Å². The first-order valence-corrected chi connectivity index (χ1v) is 11.0. The second kappa shape index (κ2) is 10.2. The Hall–Kier alpha value is -2.71. The van der Waals surface area contributed by atoms with Gasteiger partial charge in [0, 0.05) is 12.3 Å². The zero-order valence-corrected chi connectivity index (χ0v) is 17.7. The summed E-state index contributed by atoms with van der Waals surface area (Å²) in [5, 5.41) is 14.0. The molecule has 0 saturated heterocycles. The number of hydrogen-bond acceptors (Lipinski definition) is 7. The van der Waals surface area contributed by atoms with Crippen molar-refractivity contribution in [3.8, 4) is 5.75 Å². The molecule has 0 aliphatic rings. The summed E-state index contributed by atoms with van der Waals surface area (Å²) in [7, 11) is 1.62. The van der Waals surface area contributed by atoms with Crippen molar-refractivity contribution in [2.75, 3.05) is 18.7 Å². The van der Waals surface area contributed by atoms with Gasteiger partial charge in [0.25, 0.3) is 0 Å². The number of benzene rings is 2. The number of carbonyl (C=O) groups is 1. The Kier molecular flexibility index (Phi) is 7.37. The second-order valence-electron chi connectivity index (χ2n) is 6.02. The van der Waals surface area contributed by atoms with Gasteiger partial charge in [0.1, 0.15) is 22.2 Å². The highest BCUT2D eigenvalue weighted by molar-refractivity contribution is 7.99. The number of aromatic nitrogens is 2. The van der Waals surface area contributed by atoms with Crippen LogP contribution < -0.4 is 10.1 Å². The fraction of sp³-hybridized carbons (Fsp3) is 0.190. The van der Waals surface area contributed by atoms with Gasteiger partial charge < -0.3 is 15.2 Å². The summed E-state index contributed by atoms with van der Waals surface area (Å²) in [6.07, 6.45) is 1.87. The maximum absolute atomic E-state index is 12.0. The van der Waals surface area contributed by atoms with Gasteiger partial charge in [0.2, 0.25) is 0 Å². The van der Waals surface area contributed by atoms with Crippen LogP contribution in [0.2, 0.25) is 0 Å². The topological polar surface area (TPSA) is 84.3 Å². The first-order valence-electron chi connectivity index (χ1n) is 8.83. The number of thioether (sulfide) groups is 2. The highest BCUT2D eigenvalue weighted by Crippen LogP contribution is 2.31. The number of hydrogen-bond donors (Lipinski definition) is 2. The minimum absolute atomic E-state index is 0.0947. The SMILES string of the molecule is COc1ccc(CSc2nc(SC)nc(NCc3ccccc3)c2C(=O)O)cc1. The highest BCUT2D eigenvalue weighted by Gasteiger charge is 2.21. The zero-order chi connectivity index (χ0) is 20.6. The minimum atomic E-state index is -1.05. The second-order valence-corrected chi connectivity index (χ2v) is 7.76. The van der Waals surface area contributed by atoms with Crippen molar-refractivity contribution in [1.29, 1.82) is 0 Å². The molecule has 0 fully saturated rings. The van der Waals surface area contributed by atoms with Crippen LogP contribution in [0, 0.1) is 0 Å². The van der Waals surface area contributed by atoms with E-state index in [1.807, 2.05) is 60.9 Å². The molecule has 0 aliphatic heterocycles. The summed E-state index contributed by atoms with van der Waals surface area (Å²) in [6, 6.07) is 17.5. The molecule has 3 rings (SSSR count). The van der Waals surface area contributed by atoms with E-state index in [1.54, 1.807) is 7.11 Å². The molecule has 0 aliphatic carbocycles. The van der Waals surface area contributed by atoms with Gasteiger partial charge in [-0.15, -0.1) is 11.8 Å². The zero-order valence-electron chi connectivity index (χ0n) is 16.1. The third-order valence-electron chi connectivity index (χ3n) is 4.09. The van der Waals surface area contributed by atoms with Gasteiger partial charge in [-0.3, -0.25) is 0 Å². The van der Waals surface area contributed by atoms with Gasteiger partial charge in [-0.05, 0) is 29.5 Å². The molecule has 0 amide bonds. The highest BCUT2D eigenvalue weighted by atomic mass is 32.2. The Morgan fingerprint density at radius 2 is 1.79 bits per heavy atom. The van der Waals surface area contributed by atoms with Crippen LogP contribution in [0.5, 0.6) is 5.75 Å². The van der Waals surface area contributed by atoms with Crippen molar-refractivity contribution < 1.29 is 14.6 Å². The number of methoxy groups -OCH3 is 1. The average Bonchev–Trinajstić information content (AvgIpc) is 2.76. The van der Waals surface area contributed by atoms with Crippen LogP contribution in [0.1, 0.15) is 21.5 Å². The van der Waals surface area contributed by atoms with Gasteiger partial charge >= 0.3 is 5.97 Å². The Balaban J connectivity index is 1.85. The Labute approximate surface area is 178 Å². The molecule has 3 aromatic rings. The van der Waals surface area contributed by atoms with Crippen molar-refractivity contribution in [3.63, 3.8) is 0 Å². The predicted molar refractivity (Wildman–Crippen MR) is 117 cm³/mol. The predicted octanol–water partition coefficient (Wildman–Crippen LogP) is 4.81. The summed E-state index contributed by atoms with van der Waals surface area (Å²) < 4.78 is 5.18. The first-order chi connectivity index (χ1) is 14.1. The van der Waals surface area contributed by atoms with Crippen molar-refractivity contribution >= 4 is 35.3 Å². The van der Waals surface area contributed by atoms with Crippen LogP contribution in [0.25, 0.3) is 0 Å². The van der Waals surface area contributed by atoms with Crippen molar-refractivity contribution in [3.05, 3.63) is 71.3 Å². The molecule has 0 atom stereocenters. The Morgan fingerprint density at radius 1 is 1.07 bits per heavy atom. The van der Waals surface area contributed by atoms with Crippen molar-refractivity contribution in [2.24, 2.45) is 0 Å². The maximum Gasteiger partial charge on any atom is 0.342 e. The number of carboxylic acid groups (broad SMARTS) is 1. The molecular formula is C21H21N3O3S2. The first kappa shape index (κ1) is 21.0. The van der Waals surface area contributed by atoms with E-state index in [0.29, 0.717) is 28.3 Å². The summed E-state index contributed by atoms with van der Waals surface area (Å²) >= 11 is 2.76. The summed E-state index contributed by atoms with van der Waals surface area (Å²) in [6.45, 7) is 0.481. The molecule has 0 radical (unpaired) electrons. The van der Waals surface area contributed by atoms with E-state index in [-0.39, 0.29) is 5.56 Å². The van der Waals surface area contributed by atoms with Crippen LogP contribution >= 0.6 is 23.5 Å². The molecule has 0 spiro atoms. The number of rotatable bonds is 9. The van der Waals surface area contributed by atoms with Crippen LogP contribution in [-0.2, 0) is 12.3 Å². The normalized spacial score (nSPS) is 10.6. The third kappa shape index (κ3) is 5.65. The number of aromatic carboxylic acids is 1. The lowest BCUT2D eigenvalue weighted by Crippen LogP contribution is -2.12. The van der Waals surface area contributed by atoms with Gasteiger partial charge in [-0.25, -0.2) is 14.8 Å². The van der Waals surface area contributed by atoms with E-state index in [1.165, 1.54) is 23.5 Å². The fourth-order valence-electron chi connectivity index (χ4n) is 2.59. The van der Waals surface area contributed by atoms with Gasteiger partial charge in [0.05, 0.1) is 7.11 Å². The summed E-state index contributed by atoms with van der Waals surface area (Å²) in [5.74, 6) is 0.653. The maximum atomic E-state index is 12.0. The molecule has 2 N–H and O–H groups in total. The van der Waals surface area contributed by atoms with Crippen LogP contribution in [0.15, 0.2) is 64.8 Å². The molecule has 2 aromatic carbocycles. The monoisotopic (exact) mass is 427 g/mol. The van der Waals surface area contributed by atoms with E-state index >= 15 is 0 Å². The van der Waals surface area contributed by atoms with Crippen LogP contribution in [0.3, 0.4) is 0 Å². The van der Waals surface area contributed by atoms with Crippen LogP contribution in [0.4, 0.5) is 5.82 Å². The number of anilines is 1. The lowest BCUT2D eigenvalue weighted by atomic mass is 10.2. The molecule has 8 heteroatoms. The Morgan fingerprint density at radius 3 is 2.41 bits per heavy atom. The van der Waals surface area contributed by atoms with E-state index in [4.69, 9.17) is 4.74 Å². The molecule has 6 nitrogen and oxygen atoms in total. The van der Waals surface area contributed by atoms with Gasteiger partial charge in [-0.1, -0.05) is 54.2 Å². The number of ether oxygens (including phenoxy) is 1. The average molecular weight is 428 g/mol. The molecule has 0 bridgehead atoms. The third-order valence-corrected chi connectivity index (χ3v) is 5.68. The smallest absolute Gasteiger partial charge is 0.342 e. The van der Waals surface area contributed by atoms with E-state index in [2.05, 4.69) is 15.3 Å². The van der Waals surface area contributed by atoms with Crippen molar-refractivity contribution in [2.45, 2.75) is 22.5 Å². The minimum Gasteiger partial charge on any atom is -0.497 e. The number of nitrogens with zero attached hydrogens (tertiary/aromatic N) is 2. The molecular weight excluding hydrogens is 406 g/mol. The molecule has 1 heterocycles. The van der Waals surface area contributed by atoms with Crippen molar-refractivity contribution in [1.82, 2.24) is 9.97 Å². The standard InChI is InChI=1S/C21H21N3O3S2/c1-27-16-10-8-15(9-11-16)13-29-19-17(20(25)26)18(23-21(24-19)28-2)22-12-14-6-4-3-5-7-14/h3-11H,12-13H2,1-2H3,(H,25,26)(H,22,23,24). The molecule has 29 heavy (non-hydrogen) atoms. The molecule has 0 saturated carbocycles. The Bertz CT molecular complexity index is 967. The molecule has 1 aromatic heterocycles. The number of carboxylic acids is 1. The fourth-order valence-corrected chi connectivity index (χ4v) is 3.99. The molecule has 150 valence electrons. The van der Waals surface area contributed by atoms with E-state index < -0.39 is 5.97 Å². The lowest BCUT2D eigenvalue weighted by Gasteiger charge is -2.13. The van der Waals surface area contributed by atoms with E-state index in [9.17, 15) is 9.90 Å². The summed E-state index contributed by atoms with van der Waals surface area (Å²) in [5.41, 5.74) is 2.19.